The maximum absolute atomic E-state index is 12.5. The summed E-state index contributed by atoms with van der Waals surface area (Å²) in [6.07, 6.45) is 0. The number of carboxylic acid groups (broad SMARTS) is 1. The van der Waals surface area contributed by atoms with Crippen LogP contribution in [0.2, 0.25) is 0 Å². The van der Waals surface area contributed by atoms with Crippen LogP contribution < -0.4 is 0 Å². The Hall–Kier alpha value is -1.45. The van der Waals surface area contributed by atoms with E-state index in [0.29, 0.717) is 0 Å². The number of rotatable bonds is 6. The maximum atomic E-state index is 12.5. The molecule has 0 spiro atoms. The van der Waals surface area contributed by atoms with Gasteiger partial charge in [0.15, 0.2) is 5.69 Å². The molecule has 9 heteroatoms. The van der Waals surface area contributed by atoms with Crippen molar-refractivity contribution in [1.29, 1.82) is 0 Å². The molecule has 1 aromatic heterocycles. The largest absolute Gasteiger partial charge is 0.476 e. The summed E-state index contributed by atoms with van der Waals surface area (Å²) in [6, 6.07) is 0. The minimum atomic E-state index is -4.05. The van der Waals surface area contributed by atoms with Gasteiger partial charge in [0.1, 0.15) is 4.90 Å². The molecule has 0 atom stereocenters. The zero-order valence-corrected chi connectivity index (χ0v) is 12.7. The smallest absolute Gasteiger partial charge is 0.357 e. The first-order valence-corrected chi connectivity index (χ1v) is 7.45. The zero-order valence-electron chi connectivity index (χ0n) is 11.8. The van der Waals surface area contributed by atoms with Gasteiger partial charge in [-0.2, -0.15) is 9.40 Å². The molecule has 0 saturated heterocycles. The second-order valence-corrected chi connectivity index (χ2v) is 6.95. The lowest BCUT2D eigenvalue weighted by atomic mass is 10.1. The first-order valence-electron chi connectivity index (χ1n) is 6.01. The first kappa shape index (κ1) is 16.6. The summed E-state index contributed by atoms with van der Waals surface area (Å²) in [7, 11) is -4.05. The minimum Gasteiger partial charge on any atom is -0.476 e. The van der Waals surface area contributed by atoms with Crippen LogP contribution in [0.15, 0.2) is 4.90 Å². The zero-order chi connectivity index (χ0) is 15.7. The Morgan fingerprint density at radius 3 is 2.40 bits per heavy atom. The van der Waals surface area contributed by atoms with E-state index in [1.54, 1.807) is 6.92 Å². The number of nitrogens with one attached hydrogen (secondary N) is 1. The molecular weight excluding hydrogens is 286 g/mol. The van der Waals surface area contributed by atoms with E-state index in [4.69, 9.17) is 5.11 Å². The molecule has 1 aromatic rings. The molecule has 0 amide bonds. The van der Waals surface area contributed by atoms with Crippen LogP contribution in [0.4, 0.5) is 0 Å². The van der Waals surface area contributed by atoms with Crippen LogP contribution >= 0.6 is 0 Å². The summed E-state index contributed by atoms with van der Waals surface area (Å²) in [5.41, 5.74) is -1.63. The van der Waals surface area contributed by atoms with E-state index in [9.17, 15) is 18.3 Å². The Morgan fingerprint density at radius 1 is 1.45 bits per heavy atom. The van der Waals surface area contributed by atoms with Crippen LogP contribution in [0.25, 0.3) is 0 Å². The van der Waals surface area contributed by atoms with Gasteiger partial charge in [-0.25, -0.2) is 13.2 Å². The monoisotopic (exact) mass is 305 g/mol. The molecule has 20 heavy (non-hydrogen) atoms. The third-order valence-electron chi connectivity index (χ3n) is 2.61. The summed E-state index contributed by atoms with van der Waals surface area (Å²) in [6.45, 7) is 5.96. The van der Waals surface area contributed by atoms with Crippen molar-refractivity contribution in [2.75, 3.05) is 13.1 Å². The van der Waals surface area contributed by atoms with E-state index >= 15 is 0 Å². The molecule has 1 rings (SSSR count). The number of sulfonamides is 1. The molecule has 0 fully saturated rings. The number of carbonyl (C=O) groups is 1. The minimum absolute atomic E-state index is 0.107. The molecule has 1 heterocycles. The van der Waals surface area contributed by atoms with E-state index in [0.717, 1.165) is 4.31 Å². The Morgan fingerprint density at radius 2 is 2.00 bits per heavy atom. The molecule has 8 nitrogen and oxygen atoms in total. The molecule has 0 aromatic carbocycles. The topological polar surface area (TPSA) is 124 Å². The molecule has 114 valence electrons. The number of aromatic amines is 1. The van der Waals surface area contributed by atoms with Crippen LogP contribution in [0.5, 0.6) is 0 Å². The third-order valence-corrected chi connectivity index (χ3v) is 4.69. The number of nitrogens with zero attached hydrogens (tertiary/aromatic N) is 2. The highest BCUT2D eigenvalue weighted by atomic mass is 32.2. The maximum Gasteiger partial charge on any atom is 0.357 e. The van der Waals surface area contributed by atoms with Crippen molar-refractivity contribution in [2.24, 2.45) is 0 Å². The summed E-state index contributed by atoms with van der Waals surface area (Å²) in [5, 5.41) is 24.7. The highest BCUT2D eigenvalue weighted by Gasteiger charge is 2.34. The van der Waals surface area contributed by atoms with Gasteiger partial charge in [0.2, 0.25) is 10.0 Å². The number of likely N-dealkylation sites (N-methyl/N-ethyl adjacent to an activating group) is 1. The summed E-state index contributed by atoms with van der Waals surface area (Å²) in [4.78, 5) is 10.7. The van der Waals surface area contributed by atoms with Gasteiger partial charge >= 0.3 is 5.97 Å². The van der Waals surface area contributed by atoms with Gasteiger partial charge in [-0.15, -0.1) is 0 Å². The average Bonchev–Trinajstić information content (AvgIpc) is 2.67. The molecule has 0 unspecified atom stereocenters. The Bertz CT molecular complexity index is 600. The number of aromatic carboxylic acids is 1. The predicted octanol–water partition coefficient (Wildman–Crippen LogP) is 0.198. The van der Waals surface area contributed by atoms with Crippen molar-refractivity contribution in [3.05, 3.63) is 11.4 Å². The number of H-pyrrole nitrogens is 1. The predicted molar refractivity (Wildman–Crippen MR) is 71.0 cm³/mol. The van der Waals surface area contributed by atoms with Gasteiger partial charge in [-0.05, 0) is 20.8 Å². The van der Waals surface area contributed by atoms with Crippen LogP contribution in [0, 0.1) is 6.92 Å². The number of aryl methyl sites for hydroxylation is 1. The molecule has 0 radical (unpaired) electrons. The normalized spacial score (nSPS) is 12.9. The lowest BCUT2D eigenvalue weighted by Crippen LogP contribution is -2.42. The highest BCUT2D eigenvalue weighted by molar-refractivity contribution is 7.89. The quantitative estimate of drug-likeness (QED) is 0.689. The van der Waals surface area contributed by atoms with E-state index in [1.807, 2.05) is 0 Å². The van der Waals surface area contributed by atoms with Gasteiger partial charge in [0.25, 0.3) is 0 Å². The average molecular weight is 305 g/mol. The summed E-state index contributed by atoms with van der Waals surface area (Å²) in [5.74, 6) is -1.42. The van der Waals surface area contributed by atoms with Crippen molar-refractivity contribution in [3.8, 4) is 0 Å². The fourth-order valence-electron chi connectivity index (χ4n) is 1.81. The molecule has 0 aliphatic carbocycles. The fourth-order valence-corrected chi connectivity index (χ4v) is 3.70. The summed E-state index contributed by atoms with van der Waals surface area (Å²) >= 11 is 0. The lowest BCUT2D eigenvalue weighted by Gasteiger charge is -2.27. The second-order valence-electron chi connectivity index (χ2n) is 5.08. The van der Waals surface area contributed by atoms with Crippen molar-refractivity contribution in [1.82, 2.24) is 14.5 Å². The van der Waals surface area contributed by atoms with Crippen molar-refractivity contribution in [2.45, 2.75) is 38.2 Å². The molecular formula is C11H19N3O5S. The van der Waals surface area contributed by atoms with Gasteiger partial charge in [0, 0.05) is 13.1 Å². The molecule has 0 aliphatic heterocycles. The van der Waals surface area contributed by atoms with E-state index in [2.05, 4.69) is 10.2 Å². The molecule has 0 aliphatic rings. The molecule has 0 bridgehead atoms. The van der Waals surface area contributed by atoms with Gasteiger partial charge < -0.3 is 10.2 Å². The van der Waals surface area contributed by atoms with Crippen molar-refractivity contribution in [3.63, 3.8) is 0 Å². The van der Waals surface area contributed by atoms with E-state index in [1.165, 1.54) is 20.8 Å². The highest BCUT2D eigenvalue weighted by Crippen LogP contribution is 2.23. The van der Waals surface area contributed by atoms with Crippen LogP contribution in [-0.2, 0) is 10.0 Å². The van der Waals surface area contributed by atoms with E-state index < -0.39 is 27.3 Å². The Balaban J connectivity index is 3.35. The molecule has 3 N–H and O–H groups in total. The number of aliphatic hydroxyl groups is 1. The second kappa shape index (κ2) is 5.51. The Kier molecular flexibility index (Phi) is 4.57. The Labute approximate surface area is 117 Å². The van der Waals surface area contributed by atoms with Gasteiger partial charge in [0.05, 0.1) is 11.3 Å². The number of aromatic nitrogens is 2. The van der Waals surface area contributed by atoms with Gasteiger partial charge in [-0.1, -0.05) is 6.92 Å². The first-order chi connectivity index (χ1) is 9.00. The lowest BCUT2D eigenvalue weighted by molar-refractivity contribution is 0.0601. The van der Waals surface area contributed by atoms with Crippen LogP contribution in [-0.4, -0.2) is 57.8 Å². The third kappa shape index (κ3) is 3.35. The summed E-state index contributed by atoms with van der Waals surface area (Å²) < 4.78 is 26.1. The van der Waals surface area contributed by atoms with Gasteiger partial charge in [-0.3, -0.25) is 5.10 Å². The number of hydrogen-bond acceptors (Lipinski definition) is 5. The molecule has 0 saturated carbocycles. The fraction of sp³-hybridized carbons (Fsp3) is 0.636. The van der Waals surface area contributed by atoms with E-state index in [-0.39, 0.29) is 23.7 Å². The SMILES string of the molecule is CCN(CC(C)(C)O)S(=O)(=O)c1c(C(=O)O)n[nH]c1C. The number of hydrogen-bond donors (Lipinski definition) is 3. The number of carboxylic acids is 1. The van der Waals surface area contributed by atoms with Crippen molar-refractivity contribution >= 4 is 16.0 Å². The van der Waals surface area contributed by atoms with Crippen LogP contribution in [0.3, 0.4) is 0 Å². The van der Waals surface area contributed by atoms with Crippen LogP contribution in [0.1, 0.15) is 37.0 Å². The van der Waals surface area contributed by atoms with Crippen molar-refractivity contribution < 1.29 is 23.4 Å². The standard InChI is InChI=1S/C11H19N3O5S/c1-5-14(6-11(3,4)17)20(18,19)9-7(2)12-13-8(9)10(15)16/h17H,5-6H2,1-4H3,(H,12,13)(H,15,16).